The van der Waals surface area contributed by atoms with Crippen LogP contribution in [-0.4, -0.2) is 19.2 Å². The van der Waals surface area contributed by atoms with Crippen molar-refractivity contribution in [3.8, 4) is 11.5 Å². The molecule has 0 aliphatic heterocycles. The van der Waals surface area contributed by atoms with E-state index in [1.54, 1.807) is 14.0 Å². The Morgan fingerprint density at radius 3 is 2.39 bits per heavy atom. The number of carbonyl (C=O) groups is 2. The lowest BCUT2D eigenvalue weighted by Gasteiger charge is -2.16. The first kappa shape index (κ1) is 23.7. The number of ether oxygens (including phenoxy) is 1. The van der Waals surface area contributed by atoms with Crippen molar-refractivity contribution in [2.75, 3.05) is 7.05 Å². The molecule has 0 aromatic heterocycles. The Morgan fingerprint density at radius 2 is 1.81 bits per heavy atom. The molecule has 164 valence electrons. The molecular weight excluding hydrogens is 416 g/mol. The molecule has 5 nitrogen and oxygen atoms in total. The highest BCUT2D eigenvalue weighted by Crippen LogP contribution is 2.36. The van der Waals surface area contributed by atoms with E-state index in [-0.39, 0.29) is 22.8 Å². The number of halogens is 4. The summed E-state index contributed by atoms with van der Waals surface area (Å²) in [6.07, 6.45) is -1.56. The van der Waals surface area contributed by atoms with Crippen molar-refractivity contribution in [1.29, 1.82) is 0 Å². The van der Waals surface area contributed by atoms with Crippen molar-refractivity contribution in [1.82, 2.24) is 10.6 Å². The van der Waals surface area contributed by atoms with Gasteiger partial charge in [0.15, 0.2) is 0 Å². The Balaban J connectivity index is 2.50. The molecule has 1 amide bonds. The zero-order chi connectivity index (χ0) is 23.2. The van der Waals surface area contributed by atoms with Crippen molar-refractivity contribution in [3.05, 3.63) is 82.5 Å². The fraction of sp³-hybridized carbons (Fsp3) is 0.182. The van der Waals surface area contributed by atoms with Gasteiger partial charge in [-0.1, -0.05) is 0 Å². The molecule has 9 heteroatoms. The number of aldehydes is 1. The van der Waals surface area contributed by atoms with Crippen LogP contribution in [0.25, 0.3) is 0 Å². The summed E-state index contributed by atoms with van der Waals surface area (Å²) >= 11 is 0. The number of aryl methyl sites for hydroxylation is 1. The van der Waals surface area contributed by atoms with E-state index in [0.29, 0.717) is 23.5 Å². The van der Waals surface area contributed by atoms with Crippen LogP contribution in [0.5, 0.6) is 11.5 Å². The van der Waals surface area contributed by atoms with E-state index in [0.717, 1.165) is 30.3 Å². The van der Waals surface area contributed by atoms with E-state index in [1.807, 2.05) is 0 Å². The van der Waals surface area contributed by atoms with Gasteiger partial charge in [0.1, 0.15) is 23.6 Å². The maximum absolute atomic E-state index is 13.4. The average Bonchev–Trinajstić information content (AvgIpc) is 2.69. The highest BCUT2D eigenvalue weighted by Gasteiger charge is 2.32. The highest BCUT2D eigenvalue weighted by molar-refractivity contribution is 5.99. The number of carbonyl (C=O) groups excluding carboxylic acids is 2. The summed E-state index contributed by atoms with van der Waals surface area (Å²) < 4.78 is 58.5. The Bertz CT molecular complexity index is 1040. The summed E-state index contributed by atoms with van der Waals surface area (Å²) in [5, 5.41) is 5.24. The lowest BCUT2D eigenvalue weighted by Crippen LogP contribution is -2.25. The molecule has 0 heterocycles. The summed E-state index contributed by atoms with van der Waals surface area (Å²) in [6.45, 7) is 3.14. The van der Waals surface area contributed by atoms with Gasteiger partial charge in [0, 0.05) is 25.0 Å². The Morgan fingerprint density at radius 1 is 1.10 bits per heavy atom. The first-order valence-electron chi connectivity index (χ1n) is 9.03. The fourth-order valence-electron chi connectivity index (χ4n) is 2.64. The molecule has 0 bridgehead atoms. The van der Waals surface area contributed by atoms with Gasteiger partial charge in [-0.3, -0.25) is 9.59 Å². The van der Waals surface area contributed by atoms with E-state index >= 15 is 0 Å². The van der Waals surface area contributed by atoms with Crippen LogP contribution >= 0.6 is 0 Å². The number of nitrogens with one attached hydrogen (secondary N) is 2. The standard InChI is InChI=1S/C22H20F4N2O3/c1-13-10-16(23)5-7-19(13)31-20-11-15(22(24,25)26)4-6-17(20)21(30)28-18(8-9-29)14(2)12-27-3/h4-12,27H,1-3H3,(H,28,30)/b14-12-,18-8+. The van der Waals surface area contributed by atoms with Gasteiger partial charge >= 0.3 is 6.18 Å². The minimum absolute atomic E-state index is 0.0877. The Kier molecular flexibility index (Phi) is 7.57. The maximum atomic E-state index is 13.4. The second kappa shape index (κ2) is 9.92. The first-order chi connectivity index (χ1) is 14.6. The van der Waals surface area contributed by atoms with Gasteiger partial charge in [0.2, 0.25) is 0 Å². The van der Waals surface area contributed by atoms with Gasteiger partial charge in [-0.25, -0.2) is 4.39 Å². The van der Waals surface area contributed by atoms with E-state index in [9.17, 15) is 27.2 Å². The SMILES string of the molecule is CN/C=C(C)\C(=C/C=O)NC(=O)c1ccc(C(F)(F)F)cc1Oc1ccc(F)cc1C. The first-order valence-corrected chi connectivity index (χ1v) is 9.03. The Labute approximate surface area is 176 Å². The molecule has 0 unspecified atom stereocenters. The normalized spacial score (nSPS) is 12.4. The van der Waals surface area contributed by atoms with Gasteiger partial charge in [-0.2, -0.15) is 13.2 Å². The predicted octanol–water partition coefficient (Wildman–Crippen LogP) is 4.88. The number of hydrogen-bond donors (Lipinski definition) is 2. The average molecular weight is 436 g/mol. The predicted molar refractivity (Wildman–Crippen MR) is 107 cm³/mol. The second-order valence-electron chi connectivity index (χ2n) is 6.51. The second-order valence-corrected chi connectivity index (χ2v) is 6.51. The molecule has 0 radical (unpaired) electrons. The summed E-state index contributed by atoms with van der Waals surface area (Å²) in [5.41, 5.74) is -0.234. The van der Waals surface area contributed by atoms with Gasteiger partial charge in [0.25, 0.3) is 5.91 Å². The van der Waals surface area contributed by atoms with Gasteiger partial charge in [-0.05, 0) is 61.4 Å². The molecule has 0 saturated carbocycles. The Hall–Kier alpha value is -3.62. The van der Waals surface area contributed by atoms with Crippen LogP contribution in [0.3, 0.4) is 0 Å². The lowest BCUT2D eigenvalue weighted by molar-refractivity contribution is -0.137. The molecule has 0 fully saturated rings. The minimum atomic E-state index is -4.67. The molecule has 2 N–H and O–H groups in total. The fourth-order valence-corrected chi connectivity index (χ4v) is 2.64. The van der Waals surface area contributed by atoms with Gasteiger partial charge in [-0.15, -0.1) is 0 Å². The van der Waals surface area contributed by atoms with Crippen LogP contribution in [0.4, 0.5) is 17.6 Å². The number of amides is 1. The quantitative estimate of drug-likeness (QED) is 0.281. The number of benzene rings is 2. The summed E-state index contributed by atoms with van der Waals surface area (Å²) in [7, 11) is 1.62. The molecule has 0 spiro atoms. The summed E-state index contributed by atoms with van der Waals surface area (Å²) in [4.78, 5) is 23.7. The smallest absolute Gasteiger partial charge is 0.416 e. The third kappa shape index (κ3) is 6.18. The number of hydrogen-bond acceptors (Lipinski definition) is 4. The van der Waals surface area contributed by atoms with Crippen molar-refractivity contribution in [2.45, 2.75) is 20.0 Å². The molecule has 0 aliphatic rings. The van der Waals surface area contributed by atoms with Crippen molar-refractivity contribution < 1.29 is 31.9 Å². The van der Waals surface area contributed by atoms with Crippen LogP contribution < -0.4 is 15.4 Å². The highest BCUT2D eigenvalue weighted by atomic mass is 19.4. The third-order valence-electron chi connectivity index (χ3n) is 4.18. The van der Waals surface area contributed by atoms with Gasteiger partial charge < -0.3 is 15.4 Å². The number of allylic oxidation sites excluding steroid dienone is 2. The molecule has 0 atom stereocenters. The maximum Gasteiger partial charge on any atom is 0.416 e. The monoisotopic (exact) mass is 436 g/mol. The third-order valence-corrected chi connectivity index (χ3v) is 4.18. The van der Waals surface area contributed by atoms with E-state index < -0.39 is 23.5 Å². The topological polar surface area (TPSA) is 67.4 Å². The summed E-state index contributed by atoms with van der Waals surface area (Å²) in [5.74, 6) is -1.62. The van der Waals surface area contributed by atoms with Crippen molar-refractivity contribution >= 4 is 12.2 Å². The molecule has 31 heavy (non-hydrogen) atoms. The van der Waals surface area contributed by atoms with E-state index in [1.165, 1.54) is 19.2 Å². The minimum Gasteiger partial charge on any atom is -0.456 e. The zero-order valence-electron chi connectivity index (χ0n) is 16.9. The van der Waals surface area contributed by atoms with Gasteiger partial charge in [0.05, 0.1) is 11.1 Å². The van der Waals surface area contributed by atoms with Crippen LogP contribution in [-0.2, 0) is 11.0 Å². The molecule has 2 aromatic carbocycles. The largest absolute Gasteiger partial charge is 0.456 e. The lowest BCUT2D eigenvalue weighted by atomic mass is 10.1. The van der Waals surface area contributed by atoms with Crippen LogP contribution in [0.2, 0.25) is 0 Å². The number of alkyl halides is 3. The molecule has 0 aliphatic carbocycles. The van der Waals surface area contributed by atoms with Crippen LogP contribution in [0.1, 0.15) is 28.4 Å². The number of rotatable bonds is 7. The van der Waals surface area contributed by atoms with E-state index in [2.05, 4.69) is 10.6 Å². The molecular formula is C22H20F4N2O3. The molecule has 0 saturated heterocycles. The van der Waals surface area contributed by atoms with Crippen molar-refractivity contribution in [3.63, 3.8) is 0 Å². The summed E-state index contributed by atoms with van der Waals surface area (Å²) in [6, 6.07) is 5.91. The zero-order valence-corrected chi connectivity index (χ0v) is 16.9. The van der Waals surface area contributed by atoms with Crippen LogP contribution in [0.15, 0.2) is 59.9 Å². The molecule has 2 rings (SSSR count). The van der Waals surface area contributed by atoms with E-state index in [4.69, 9.17) is 4.74 Å². The van der Waals surface area contributed by atoms with Crippen molar-refractivity contribution in [2.24, 2.45) is 0 Å². The van der Waals surface area contributed by atoms with Crippen LogP contribution in [0, 0.1) is 12.7 Å². The molecule has 2 aromatic rings.